The topological polar surface area (TPSA) is 97.6 Å². The van der Waals surface area contributed by atoms with E-state index >= 15 is 0 Å². The molecule has 0 radical (unpaired) electrons. The van der Waals surface area contributed by atoms with Crippen molar-refractivity contribution in [3.05, 3.63) is 23.3 Å². The maximum absolute atomic E-state index is 12.3. The van der Waals surface area contributed by atoms with Gasteiger partial charge in [0.15, 0.2) is 6.61 Å². The van der Waals surface area contributed by atoms with E-state index in [1.54, 1.807) is 0 Å². The average Bonchev–Trinajstić information content (AvgIpc) is 2.67. The Labute approximate surface area is 153 Å². The molecule has 140 valence electrons. The van der Waals surface area contributed by atoms with Crippen molar-refractivity contribution in [2.45, 2.75) is 44.6 Å². The Morgan fingerprint density at radius 2 is 1.73 bits per heavy atom. The zero-order chi connectivity index (χ0) is 19.2. The van der Waals surface area contributed by atoms with Crippen LogP contribution in [0.25, 0.3) is 0 Å². The van der Waals surface area contributed by atoms with Gasteiger partial charge in [-0.05, 0) is 31.9 Å². The number of nitrogens with one attached hydrogen (secondary N) is 1. The zero-order valence-corrected chi connectivity index (χ0v) is 15.4. The number of methoxy groups -OCH3 is 2. The van der Waals surface area contributed by atoms with Crippen molar-refractivity contribution in [2.75, 3.05) is 20.8 Å². The summed E-state index contributed by atoms with van der Waals surface area (Å²) in [4.78, 5) is 24.4. The highest BCUT2D eigenvalue weighted by atomic mass is 16.5. The molecule has 1 aromatic carbocycles. The molecule has 0 aromatic heterocycles. The molecule has 0 aliphatic heterocycles. The Morgan fingerprint density at radius 3 is 2.23 bits per heavy atom. The number of rotatable bonds is 6. The van der Waals surface area contributed by atoms with Crippen molar-refractivity contribution in [2.24, 2.45) is 0 Å². The second kappa shape index (κ2) is 8.56. The molecule has 7 heteroatoms. The molecule has 1 N–H and O–H groups in total. The Kier molecular flexibility index (Phi) is 6.45. The fourth-order valence-electron chi connectivity index (χ4n) is 3.14. The lowest BCUT2D eigenvalue weighted by Crippen LogP contribution is -2.50. The molecule has 2 rings (SSSR count). The second-order valence-electron chi connectivity index (χ2n) is 6.38. The molecule has 0 saturated heterocycles. The van der Waals surface area contributed by atoms with Crippen LogP contribution >= 0.6 is 0 Å². The molecule has 0 bridgehead atoms. The highest BCUT2D eigenvalue weighted by molar-refractivity contribution is 5.92. The highest BCUT2D eigenvalue weighted by Crippen LogP contribution is 2.30. The maximum Gasteiger partial charge on any atom is 0.338 e. The minimum atomic E-state index is -0.849. The van der Waals surface area contributed by atoms with Gasteiger partial charge in [-0.3, -0.25) is 4.79 Å². The van der Waals surface area contributed by atoms with Crippen LogP contribution in [0.5, 0.6) is 11.5 Å². The van der Waals surface area contributed by atoms with Crippen LogP contribution in [0.3, 0.4) is 0 Å². The van der Waals surface area contributed by atoms with Crippen LogP contribution < -0.4 is 14.8 Å². The van der Waals surface area contributed by atoms with Gasteiger partial charge in [-0.1, -0.05) is 19.3 Å². The maximum atomic E-state index is 12.3. The molecule has 1 fully saturated rings. The predicted octanol–water partition coefficient (Wildman–Crippen LogP) is 2.51. The largest absolute Gasteiger partial charge is 0.496 e. The summed E-state index contributed by atoms with van der Waals surface area (Å²) in [7, 11) is 2.99. The first-order valence-corrected chi connectivity index (χ1v) is 8.56. The van der Waals surface area contributed by atoms with Crippen LogP contribution in [0.15, 0.2) is 12.1 Å². The van der Waals surface area contributed by atoms with Gasteiger partial charge in [-0.25, -0.2) is 4.79 Å². The number of benzene rings is 1. The summed E-state index contributed by atoms with van der Waals surface area (Å²) in [6, 6.07) is 5.27. The van der Waals surface area contributed by atoms with Gasteiger partial charge in [0.05, 0.1) is 25.9 Å². The van der Waals surface area contributed by atoms with Gasteiger partial charge < -0.3 is 19.5 Å². The van der Waals surface area contributed by atoms with E-state index in [4.69, 9.17) is 14.2 Å². The van der Waals surface area contributed by atoms with E-state index in [2.05, 4.69) is 11.4 Å². The van der Waals surface area contributed by atoms with Crippen molar-refractivity contribution in [3.8, 4) is 17.6 Å². The Balaban J connectivity index is 2.00. The first-order chi connectivity index (χ1) is 12.4. The van der Waals surface area contributed by atoms with Gasteiger partial charge in [0.2, 0.25) is 0 Å². The van der Waals surface area contributed by atoms with E-state index in [0.717, 1.165) is 24.8 Å². The van der Waals surface area contributed by atoms with Crippen LogP contribution in [0.2, 0.25) is 0 Å². The van der Waals surface area contributed by atoms with Gasteiger partial charge in [0, 0.05) is 5.56 Å². The minimum absolute atomic E-state index is 0.227. The fourth-order valence-corrected chi connectivity index (χ4v) is 3.14. The molecule has 1 amide bonds. The number of carbonyl (C=O) groups is 2. The smallest absolute Gasteiger partial charge is 0.338 e. The molecule has 1 aromatic rings. The normalized spacial score (nSPS) is 15.5. The Hall–Kier alpha value is -2.75. The third kappa shape index (κ3) is 4.45. The van der Waals surface area contributed by atoms with E-state index in [1.165, 1.54) is 26.4 Å². The molecule has 1 saturated carbocycles. The number of esters is 1. The van der Waals surface area contributed by atoms with Gasteiger partial charge >= 0.3 is 5.97 Å². The molecule has 0 atom stereocenters. The third-order valence-corrected chi connectivity index (χ3v) is 4.62. The summed E-state index contributed by atoms with van der Waals surface area (Å²) in [6.07, 6.45) is 4.10. The Morgan fingerprint density at radius 1 is 1.15 bits per heavy atom. The lowest BCUT2D eigenvalue weighted by molar-refractivity contribution is -0.125. The number of nitriles is 1. The summed E-state index contributed by atoms with van der Waals surface area (Å²) < 4.78 is 15.5. The van der Waals surface area contributed by atoms with Crippen LogP contribution in [0.1, 0.15) is 48.0 Å². The third-order valence-electron chi connectivity index (χ3n) is 4.62. The first-order valence-electron chi connectivity index (χ1n) is 8.56. The zero-order valence-electron chi connectivity index (χ0n) is 15.4. The minimum Gasteiger partial charge on any atom is -0.496 e. The van der Waals surface area contributed by atoms with E-state index in [-0.39, 0.29) is 5.56 Å². The van der Waals surface area contributed by atoms with Crippen molar-refractivity contribution >= 4 is 11.9 Å². The number of hydrogen-bond acceptors (Lipinski definition) is 6. The summed E-state index contributed by atoms with van der Waals surface area (Å²) in [5, 5.41) is 12.1. The second-order valence-corrected chi connectivity index (χ2v) is 6.38. The molecule has 0 spiro atoms. The van der Waals surface area contributed by atoms with Gasteiger partial charge in [-0.2, -0.15) is 5.26 Å². The lowest BCUT2D eigenvalue weighted by atomic mass is 9.83. The van der Waals surface area contributed by atoms with Gasteiger partial charge in [0.1, 0.15) is 17.0 Å². The quantitative estimate of drug-likeness (QED) is 0.783. The molecule has 0 heterocycles. The number of hydrogen-bond donors (Lipinski definition) is 1. The van der Waals surface area contributed by atoms with E-state index in [0.29, 0.717) is 24.3 Å². The number of ether oxygens (including phenoxy) is 3. The average molecular weight is 360 g/mol. The van der Waals surface area contributed by atoms with Crippen molar-refractivity contribution < 1.29 is 23.8 Å². The van der Waals surface area contributed by atoms with Crippen LogP contribution in [0, 0.1) is 18.3 Å². The highest BCUT2D eigenvalue weighted by Gasteiger charge is 2.33. The molecule has 7 nitrogen and oxygen atoms in total. The Bertz CT molecular complexity index is 692. The SMILES string of the molecule is COc1cc(C(=O)OCC(=O)NC2(C#N)CCCCC2)cc(OC)c1C. The molecule has 1 aliphatic rings. The van der Waals surface area contributed by atoms with Gasteiger partial charge in [-0.15, -0.1) is 0 Å². The van der Waals surface area contributed by atoms with E-state index < -0.39 is 24.0 Å². The molecular formula is C19H24N2O5. The van der Waals surface area contributed by atoms with Gasteiger partial charge in [0.25, 0.3) is 5.91 Å². The number of carbonyl (C=O) groups excluding carboxylic acids is 2. The van der Waals surface area contributed by atoms with E-state index in [1.807, 2.05) is 6.92 Å². The summed E-state index contributed by atoms with van der Waals surface area (Å²) in [5.41, 5.74) is 0.139. The lowest BCUT2D eigenvalue weighted by Gasteiger charge is -2.31. The van der Waals surface area contributed by atoms with Crippen LogP contribution in [0.4, 0.5) is 0 Å². The summed E-state index contributed by atoms with van der Waals surface area (Å²) in [5.74, 6) is -0.156. The summed E-state index contributed by atoms with van der Waals surface area (Å²) >= 11 is 0. The molecule has 0 unspecified atom stereocenters. The monoisotopic (exact) mass is 360 g/mol. The molecular weight excluding hydrogens is 336 g/mol. The van der Waals surface area contributed by atoms with E-state index in [9.17, 15) is 14.9 Å². The van der Waals surface area contributed by atoms with Crippen LogP contribution in [-0.2, 0) is 9.53 Å². The van der Waals surface area contributed by atoms with Crippen molar-refractivity contribution in [1.82, 2.24) is 5.32 Å². The number of nitrogens with zero attached hydrogens (tertiary/aromatic N) is 1. The molecule has 1 aliphatic carbocycles. The summed E-state index contributed by atoms with van der Waals surface area (Å²) in [6.45, 7) is 1.37. The number of amides is 1. The standard InChI is InChI=1S/C19H24N2O5/c1-13-15(24-2)9-14(10-16(13)25-3)18(23)26-11-17(22)21-19(12-20)7-5-4-6-8-19/h9-10H,4-8,11H2,1-3H3,(H,21,22). The first kappa shape index (κ1) is 19.6. The predicted molar refractivity (Wildman–Crippen MR) is 94.1 cm³/mol. The van der Waals surface area contributed by atoms with Crippen molar-refractivity contribution in [3.63, 3.8) is 0 Å². The fraction of sp³-hybridized carbons (Fsp3) is 0.526. The van der Waals surface area contributed by atoms with Crippen molar-refractivity contribution in [1.29, 1.82) is 5.26 Å². The molecule has 26 heavy (non-hydrogen) atoms. The van der Waals surface area contributed by atoms with Crippen LogP contribution in [-0.4, -0.2) is 38.2 Å².